The third kappa shape index (κ3) is 4.50. The van der Waals surface area contributed by atoms with Gasteiger partial charge in [0.15, 0.2) is 5.78 Å². The number of ketones is 1. The molecule has 168 valence electrons. The Balaban J connectivity index is 1.65. The van der Waals surface area contributed by atoms with Crippen molar-refractivity contribution in [1.82, 2.24) is 4.31 Å². The van der Waals surface area contributed by atoms with Gasteiger partial charge in [0.2, 0.25) is 0 Å². The molecule has 4 rings (SSSR count). The average molecular weight is 450 g/mol. The number of piperidine rings is 1. The van der Waals surface area contributed by atoms with Crippen LogP contribution in [0.2, 0.25) is 0 Å². The summed E-state index contributed by atoms with van der Waals surface area (Å²) < 4.78 is 15.6. The number of fused-ring (bicyclic) bond motifs is 1. The number of carbonyl (C=O) groups excluding carboxylic acids is 1. The lowest BCUT2D eigenvalue weighted by Gasteiger charge is -2.46. The van der Waals surface area contributed by atoms with Crippen molar-refractivity contribution < 1.29 is 14.1 Å². The minimum Gasteiger partial charge on any atom is -0.515 e. The zero-order valence-corrected chi connectivity index (χ0v) is 19.8. The number of benzene rings is 2. The minimum absolute atomic E-state index is 0.0479. The molecule has 32 heavy (non-hydrogen) atoms. The van der Waals surface area contributed by atoms with Gasteiger partial charge in [0, 0.05) is 24.1 Å². The molecule has 0 bridgehead atoms. The second-order valence-electron chi connectivity index (χ2n) is 9.94. The van der Waals surface area contributed by atoms with Gasteiger partial charge in [-0.1, -0.05) is 68.8 Å². The Morgan fingerprint density at radius 1 is 1.09 bits per heavy atom. The molecule has 2 atom stereocenters. The maximum atomic E-state index is 13.5. The second kappa shape index (κ2) is 8.80. The van der Waals surface area contributed by atoms with E-state index < -0.39 is 11.0 Å². The highest BCUT2D eigenvalue weighted by Gasteiger charge is 2.45. The Bertz CT molecular complexity index is 1080. The van der Waals surface area contributed by atoms with Crippen molar-refractivity contribution in [3.8, 4) is 0 Å². The van der Waals surface area contributed by atoms with Crippen molar-refractivity contribution in [2.24, 2.45) is 5.41 Å². The third-order valence-electron chi connectivity index (χ3n) is 6.64. The molecule has 0 aromatic heterocycles. The molecule has 1 aliphatic carbocycles. The molecule has 0 spiro atoms. The lowest BCUT2D eigenvalue weighted by atomic mass is 9.65. The van der Waals surface area contributed by atoms with Crippen LogP contribution in [0.3, 0.4) is 0 Å². The minimum atomic E-state index is -1.29. The fourth-order valence-corrected chi connectivity index (χ4v) is 6.10. The SMILES string of the molecule is CC(C)(C)c1ccc(S(=O)N2CCC3=CC(=O)/C(=C\O)C[C@]3(Cc3ccccc3)C2)cc1. The van der Waals surface area contributed by atoms with Crippen molar-refractivity contribution in [2.45, 2.75) is 50.3 Å². The van der Waals surface area contributed by atoms with Gasteiger partial charge < -0.3 is 5.11 Å². The van der Waals surface area contributed by atoms with Gasteiger partial charge in [-0.2, -0.15) is 0 Å². The molecular formula is C27H31NO3S. The van der Waals surface area contributed by atoms with Crippen LogP contribution in [0, 0.1) is 5.41 Å². The van der Waals surface area contributed by atoms with Crippen LogP contribution in [0.15, 0.2) is 83.0 Å². The number of hydrogen-bond donors (Lipinski definition) is 1. The highest BCUT2D eigenvalue weighted by molar-refractivity contribution is 7.82. The first-order valence-corrected chi connectivity index (χ1v) is 12.2. The maximum Gasteiger partial charge on any atom is 0.184 e. The largest absolute Gasteiger partial charge is 0.515 e. The normalized spacial score (nSPS) is 24.2. The number of allylic oxidation sites excluding steroid dienone is 2. The van der Waals surface area contributed by atoms with E-state index in [1.165, 1.54) is 11.1 Å². The molecule has 1 N–H and O–H groups in total. The second-order valence-corrected chi connectivity index (χ2v) is 11.4. The molecule has 5 heteroatoms. The smallest absolute Gasteiger partial charge is 0.184 e. The topological polar surface area (TPSA) is 57.6 Å². The Labute approximate surface area is 193 Å². The molecule has 1 fully saturated rings. The maximum absolute atomic E-state index is 13.5. The van der Waals surface area contributed by atoms with E-state index in [9.17, 15) is 14.1 Å². The fourth-order valence-electron chi connectivity index (χ4n) is 4.82. The van der Waals surface area contributed by atoms with Crippen molar-refractivity contribution >= 4 is 16.8 Å². The highest BCUT2D eigenvalue weighted by Crippen LogP contribution is 2.47. The van der Waals surface area contributed by atoms with Gasteiger partial charge in [0.05, 0.1) is 11.2 Å². The lowest BCUT2D eigenvalue weighted by molar-refractivity contribution is -0.112. The van der Waals surface area contributed by atoms with Crippen molar-refractivity contribution in [3.63, 3.8) is 0 Å². The summed E-state index contributed by atoms with van der Waals surface area (Å²) in [5.74, 6) is -0.112. The van der Waals surface area contributed by atoms with Crippen molar-refractivity contribution in [2.75, 3.05) is 13.1 Å². The molecule has 0 radical (unpaired) electrons. The van der Waals surface area contributed by atoms with Gasteiger partial charge in [0.25, 0.3) is 0 Å². The zero-order valence-electron chi connectivity index (χ0n) is 19.0. The van der Waals surface area contributed by atoms with Gasteiger partial charge in [-0.15, -0.1) is 0 Å². The Hall–Kier alpha value is -2.50. The predicted molar refractivity (Wildman–Crippen MR) is 129 cm³/mol. The van der Waals surface area contributed by atoms with Gasteiger partial charge in [-0.05, 0) is 54.0 Å². The van der Waals surface area contributed by atoms with E-state index in [1.807, 2.05) is 34.6 Å². The molecule has 1 unspecified atom stereocenters. The number of carbonyl (C=O) groups is 1. The van der Waals surface area contributed by atoms with Crippen LogP contribution < -0.4 is 0 Å². The lowest BCUT2D eigenvalue weighted by Crippen LogP contribution is -2.48. The zero-order chi connectivity index (χ0) is 22.9. The van der Waals surface area contributed by atoms with Gasteiger partial charge in [-0.3, -0.25) is 4.79 Å². The quantitative estimate of drug-likeness (QED) is 0.510. The molecule has 1 heterocycles. The van der Waals surface area contributed by atoms with E-state index in [2.05, 4.69) is 45.0 Å². The van der Waals surface area contributed by atoms with E-state index in [-0.39, 0.29) is 16.6 Å². The first kappa shape index (κ1) is 22.7. The van der Waals surface area contributed by atoms with E-state index in [1.54, 1.807) is 6.08 Å². The molecule has 0 amide bonds. The summed E-state index contributed by atoms with van der Waals surface area (Å²) in [6.07, 6.45) is 4.54. The number of nitrogens with zero attached hydrogens (tertiary/aromatic N) is 1. The van der Waals surface area contributed by atoms with Crippen LogP contribution in [0.5, 0.6) is 0 Å². The molecule has 2 aromatic rings. The van der Waals surface area contributed by atoms with Gasteiger partial charge >= 0.3 is 0 Å². The Kier molecular flexibility index (Phi) is 6.24. The molecule has 1 saturated heterocycles. The van der Waals surface area contributed by atoms with Gasteiger partial charge in [0.1, 0.15) is 11.0 Å². The summed E-state index contributed by atoms with van der Waals surface area (Å²) >= 11 is 0. The molecule has 4 nitrogen and oxygen atoms in total. The van der Waals surface area contributed by atoms with Crippen molar-refractivity contribution in [1.29, 1.82) is 0 Å². The number of aliphatic hydroxyl groups excluding tert-OH is 1. The van der Waals surface area contributed by atoms with E-state index in [0.29, 0.717) is 31.5 Å². The summed E-state index contributed by atoms with van der Waals surface area (Å²) in [6.45, 7) is 7.72. The number of aliphatic hydroxyl groups is 1. The first-order chi connectivity index (χ1) is 15.2. The fraction of sp³-hybridized carbons (Fsp3) is 0.370. The standard InChI is InChI=1S/C27H31NO3S/c1-26(2,3)22-9-11-24(12-10-22)32(31)28-14-13-23-15-25(30)21(18-29)17-27(23,19-28)16-20-7-5-4-6-8-20/h4-12,15,18,29H,13-14,16-17,19H2,1-3H3/b21-18-/t27-,32?/m1/s1. The summed E-state index contributed by atoms with van der Waals surface area (Å²) in [4.78, 5) is 13.2. The van der Waals surface area contributed by atoms with E-state index in [0.717, 1.165) is 23.2 Å². The van der Waals surface area contributed by atoms with E-state index in [4.69, 9.17) is 0 Å². The van der Waals surface area contributed by atoms with Gasteiger partial charge in [-0.25, -0.2) is 8.51 Å². The van der Waals surface area contributed by atoms with Crippen LogP contribution in [0.1, 0.15) is 44.7 Å². The Morgan fingerprint density at radius 3 is 2.41 bits per heavy atom. The van der Waals surface area contributed by atoms with Crippen LogP contribution in [-0.4, -0.2) is 32.5 Å². The Morgan fingerprint density at radius 2 is 1.78 bits per heavy atom. The predicted octanol–water partition coefficient (Wildman–Crippen LogP) is 5.28. The van der Waals surface area contributed by atoms with Crippen LogP contribution in [-0.2, 0) is 27.6 Å². The monoisotopic (exact) mass is 449 g/mol. The average Bonchev–Trinajstić information content (AvgIpc) is 2.78. The summed E-state index contributed by atoms with van der Waals surface area (Å²) in [6, 6.07) is 18.3. The van der Waals surface area contributed by atoms with Crippen LogP contribution >= 0.6 is 0 Å². The number of hydrogen-bond acceptors (Lipinski definition) is 3. The molecule has 0 saturated carbocycles. The summed E-state index contributed by atoms with van der Waals surface area (Å²) in [7, 11) is -1.29. The highest BCUT2D eigenvalue weighted by atomic mass is 32.2. The molecular weight excluding hydrogens is 418 g/mol. The third-order valence-corrected chi connectivity index (χ3v) is 8.10. The van der Waals surface area contributed by atoms with Crippen molar-refractivity contribution in [3.05, 3.63) is 89.2 Å². The first-order valence-electron chi connectivity index (χ1n) is 11.1. The number of rotatable bonds is 4. The van der Waals surface area contributed by atoms with Crippen LogP contribution in [0.4, 0.5) is 0 Å². The molecule has 2 aromatic carbocycles. The van der Waals surface area contributed by atoms with E-state index >= 15 is 0 Å². The summed E-state index contributed by atoms with van der Waals surface area (Å²) in [5.41, 5.74) is 3.61. The molecule has 2 aliphatic rings. The van der Waals surface area contributed by atoms with Crippen LogP contribution in [0.25, 0.3) is 0 Å². The summed E-state index contributed by atoms with van der Waals surface area (Å²) in [5, 5.41) is 9.69. The molecule has 1 aliphatic heterocycles.